The first kappa shape index (κ1) is 7.23. The van der Waals surface area contributed by atoms with Gasteiger partial charge in [0, 0.05) is 12.8 Å². The number of rotatable bonds is 0. The summed E-state index contributed by atoms with van der Waals surface area (Å²) in [7, 11) is 0. The van der Waals surface area contributed by atoms with E-state index in [1.807, 2.05) is 0 Å². The van der Waals surface area contributed by atoms with Gasteiger partial charge in [0.15, 0.2) is 5.69 Å². The molecule has 12 heavy (non-hydrogen) atoms. The lowest BCUT2D eigenvalue weighted by molar-refractivity contribution is 0.175. The lowest BCUT2D eigenvalue weighted by Gasteiger charge is -2.13. The summed E-state index contributed by atoms with van der Waals surface area (Å²) in [5.74, 6) is 0. The summed E-state index contributed by atoms with van der Waals surface area (Å²) in [4.78, 5) is 0. The van der Waals surface area contributed by atoms with Gasteiger partial charge < -0.3 is 10.3 Å². The molecule has 64 valence electrons. The average Bonchev–Trinajstić information content (AvgIpc) is 2.50. The third-order valence-corrected chi connectivity index (χ3v) is 1.81. The van der Waals surface area contributed by atoms with Crippen molar-refractivity contribution in [3.8, 4) is 0 Å². The molecular weight excluding hydrogens is 162 g/mol. The first-order chi connectivity index (χ1) is 5.81. The van der Waals surface area contributed by atoms with Crippen molar-refractivity contribution in [2.75, 3.05) is 0 Å². The number of aromatic nitrogens is 2. The van der Waals surface area contributed by atoms with Crippen molar-refractivity contribution in [1.29, 1.82) is 0 Å². The van der Waals surface area contributed by atoms with Crippen molar-refractivity contribution in [2.45, 2.75) is 18.9 Å². The molecule has 0 saturated carbocycles. The molecule has 0 aromatic carbocycles. The van der Waals surface area contributed by atoms with Gasteiger partial charge in [-0.3, -0.25) is 0 Å². The molecule has 2 N–H and O–H groups in total. The van der Waals surface area contributed by atoms with E-state index in [1.54, 1.807) is 0 Å². The predicted molar refractivity (Wildman–Crippen MR) is 36.9 cm³/mol. The van der Waals surface area contributed by atoms with Crippen LogP contribution in [-0.2, 0) is 6.42 Å². The molecule has 2 rings (SSSR count). The Morgan fingerprint density at radius 2 is 2.25 bits per heavy atom. The second kappa shape index (κ2) is 2.56. The van der Waals surface area contributed by atoms with E-state index in [0.29, 0.717) is 23.5 Å². The van der Waals surface area contributed by atoms with Gasteiger partial charge in [0.05, 0.1) is 6.10 Å². The van der Waals surface area contributed by atoms with Crippen LogP contribution < -0.4 is 0 Å². The van der Waals surface area contributed by atoms with Gasteiger partial charge >= 0.3 is 0 Å². The maximum absolute atomic E-state index is 9.27. The molecule has 0 radical (unpaired) electrons. The standard InChI is InChI=1S/C6H7N3O3/c10-3-1-4(7-11)6-5(2-3)8-12-9-6/h3,10-11H,1-2H2/b7-4+/t3-/m1/s1. The van der Waals surface area contributed by atoms with Crippen LogP contribution in [0.3, 0.4) is 0 Å². The van der Waals surface area contributed by atoms with E-state index in [4.69, 9.17) is 5.21 Å². The van der Waals surface area contributed by atoms with Gasteiger partial charge in [0.2, 0.25) is 0 Å². The molecule has 1 aromatic heterocycles. The van der Waals surface area contributed by atoms with Crippen molar-refractivity contribution in [3.05, 3.63) is 11.4 Å². The van der Waals surface area contributed by atoms with Crippen LogP contribution in [0.25, 0.3) is 0 Å². The fraction of sp³-hybridized carbons (Fsp3) is 0.500. The number of hydrogen-bond acceptors (Lipinski definition) is 6. The lowest BCUT2D eigenvalue weighted by Crippen LogP contribution is -2.24. The third-order valence-electron chi connectivity index (χ3n) is 1.81. The molecule has 0 aliphatic heterocycles. The number of fused-ring (bicyclic) bond motifs is 1. The number of aliphatic hydroxyl groups excluding tert-OH is 1. The number of nitrogens with zero attached hydrogens (tertiary/aromatic N) is 3. The van der Waals surface area contributed by atoms with Crippen molar-refractivity contribution in [1.82, 2.24) is 10.3 Å². The summed E-state index contributed by atoms with van der Waals surface area (Å²) >= 11 is 0. The van der Waals surface area contributed by atoms with Gasteiger partial charge in [-0.2, -0.15) is 0 Å². The molecule has 6 nitrogen and oxygen atoms in total. The fourth-order valence-electron chi connectivity index (χ4n) is 1.26. The lowest BCUT2D eigenvalue weighted by atomic mass is 9.97. The molecule has 1 aliphatic rings. The zero-order valence-electron chi connectivity index (χ0n) is 6.14. The second-order valence-electron chi connectivity index (χ2n) is 2.67. The summed E-state index contributed by atoms with van der Waals surface area (Å²) in [5.41, 5.74) is 1.31. The summed E-state index contributed by atoms with van der Waals surface area (Å²) in [6.45, 7) is 0. The molecule has 0 bridgehead atoms. The van der Waals surface area contributed by atoms with Crippen molar-refractivity contribution in [3.63, 3.8) is 0 Å². The van der Waals surface area contributed by atoms with E-state index >= 15 is 0 Å². The first-order valence-electron chi connectivity index (χ1n) is 3.52. The summed E-state index contributed by atoms with van der Waals surface area (Å²) in [5, 5.41) is 27.9. The highest BCUT2D eigenvalue weighted by molar-refractivity contribution is 6.00. The van der Waals surface area contributed by atoms with E-state index in [-0.39, 0.29) is 6.42 Å². The molecule has 0 fully saturated rings. The van der Waals surface area contributed by atoms with Crippen LogP contribution in [0.15, 0.2) is 9.78 Å². The Hall–Kier alpha value is -1.43. The van der Waals surface area contributed by atoms with Crippen LogP contribution in [0.2, 0.25) is 0 Å². The van der Waals surface area contributed by atoms with Crippen molar-refractivity contribution in [2.24, 2.45) is 5.16 Å². The van der Waals surface area contributed by atoms with Gasteiger partial charge in [0.25, 0.3) is 0 Å². The number of oxime groups is 1. The SMILES string of the molecule is O/N=C1\C[C@@H](O)Cc2nonc21. The smallest absolute Gasteiger partial charge is 0.156 e. The van der Waals surface area contributed by atoms with Crippen LogP contribution in [-0.4, -0.2) is 32.4 Å². The zero-order valence-corrected chi connectivity index (χ0v) is 6.14. The molecule has 0 amide bonds. The fourth-order valence-corrected chi connectivity index (χ4v) is 1.26. The second-order valence-corrected chi connectivity index (χ2v) is 2.67. The number of hydrogen-bond donors (Lipinski definition) is 2. The Kier molecular flexibility index (Phi) is 1.54. The zero-order chi connectivity index (χ0) is 8.55. The Labute approximate surface area is 67.5 Å². The Bertz CT molecular complexity index is 320. The minimum absolute atomic E-state index is 0.289. The average molecular weight is 169 g/mol. The van der Waals surface area contributed by atoms with Gasteiger partial charge in [-0.05, 0) is 5.16 Å². The monoisotopic (exact) mass is 169 g/mol. The van der Waals surface area contributed by atoms with Gasteiger partial charge in [-0.15, -0.1) is 0 Å². The minimum atomic E-state index is -0.560. The van der Waals surface area contributed by atoms with Crippen LogP contribution in [0.5, 0.6) is 0 Å². The maximum Gasteiger partial charge on any atom is 0.156 e. The largest absolute Gasteiger partial charge is 0.411 e. The summed E-state index contributed by atoms with van der Waals surface area (Å²) in [6.07, 6.45) is 0.130. The van der Waals surface area contributed by atoms with E-state index < -0.39 is 6.10 Å². The van der Waals surface area contributed by atoms with Crippen molar-refractivity contribution < 1.29 is 14.9 Å². The van der Waals surface area contributed by atoms with E-state index in [2.05, 4.69) is 20.1 Å². The van der Waals surface area contributed by atoms with Gasteiger partial charge in [-0.1, -0.05) is 10.3 Å². The molecule has 1 aromatic rings. The van der Waals surface area contributed by atoms with Crippen LogP contribution >= 0.6 is 0 Å². The number of aliphatic hydroxyl groups is 1. The molecule has 0 saturated heterocycles. The van der Waals surface area contributed by atoms with Gasteiger partial charge in [-0.25, -0.2) is 4.63 Å². The van der Waals surface area contributed by atoms with Crippen molar-refractivity contribution >= 4 is 5.71 Å². The molecule has 0 unspecified atom stereocenters. The highest BCUT2D eigenvalue weighted by Gasteiger charge is 2.27. The molecule has 1 aliphatic carbocycles. The Balaban J connectivity index is 2.45. The molecule has 6 heteroatoms. The highest BCUT2D eigenvalue weighted by Crippen LogP contribution is 2.18. The maximum atomic E-state index is 9.27. The van der Waals surface area contributed by atoms with E-state index in [0.717, 1.165) is 0 Å². The summed E-state index contributed by atoms with van der Waals surface area (Å²) < 4.78 is 4.44. The van der Waals surface area contributed by atoms with Crippen LogP contribution in [0, 0.1) is 0 Å². The topological polar surface area (TPSA) is 91.7 Å². The van der Waals surface area contributed by atoms with Gasteiger partial charge in [0.1, 0.15) is 11.4 Å². The Morgan fingerprint density at radius 3 is 3.00 bits per heavy atom. The quantitative estimate of drug-likeness (QED) is 0.405. The highest BCUT2D eigenvalue weighted by atomic mass is 16.6. The molecular formula is C6H7N3O3. The predicted octanol–water partition coefficient (Wildman–Crippen LogP) is -0.445. The van der Waals surface area contributed by atoms with Crippen LogP contribution in [0.4, 0.5) is 0 Å². The Morgan fingerprint density at radius 1 is 1.42 bits per heavy atom. The molecule has 0 spiro atoms. The third kappa shape index (κ3) is 0.964. The normalized spacial score (nSPS) is 25.8. The summed E-state index contributed by atoms with van der Waals surface area (Å²) in [6, 6.07) is 0. The van der Waals surface area contributed by atoms with E-state index in [1.165, 1.54) is 0 Å². The van der Waals surface area contributed by atoms with Crippen LogP contribution in [0.1, 0.15) is 17.8 Å². The minimum Gasteiger partial charge on any atom is -0.411 e. The molecule has 1 atom stereocenters. The molecule has 1 heterocycles. The first-order valence-corrected chi connectivity index (χ1v) is 3.52. The van der Waals surface area contributed by atoms with E-state index in [9.17, 15) is 5.11 Å².